The van der Waals surface area contributed by atoms with Crippen LogP contribution in [0, 0.1) is 13.8 Å². The van der Waals surface area contributed by atoms with E-state index in [0.717, 1.165) is 27.0 Å². The number of hydrogen-bond donors (Lipinski definition) is 3. The van der Waals surface area contributed by atoms with E-state index in [2.05, 4.69) is 15.6 Å². The first-order valence-corrected chi connectivity index (χ1v) is 11.9. The molecule has 2 heterocycles. The topological polar surface area (TPSA) is 115 Å². The van der Waals surface area contributed by atoms with Gasteiger partial charge in [0.25, 0.3) is 0 Å². The van der Waals surface area contributed by atoms with E-state index >= 15 is 0 Å². The first kappa shape index (κ1) is 23.3. The van der Waals surface area contributed by atoms with Crippen molar-refractivity contribution in [2.24, 2.45) is 10.2 Å². The quantitative estimate of drug-likeness (QED) is 0.302. The number of thiophene rings is 1. The molecule has 1 aliphatic rings. The minimum Gasteiger partial charge on any atom is -0.504 e. The van der Waals surface area contributed by atoms with Crippen LogP contribution in [-0.4, -0.2) is 33.5 Å². The van der Waals surface area contributed by atoms with Crippen molar-refractivity contribution >= 4 is 55.4 Å². The molecule has 0 spiro atoms. The standard InChI is InChI=1S/C27H22N4O4S/c1-14-7-9-20(11-15(14)2)31-26(33)23(16(3)30-31)28-29-25-24(32)21-13-18(8-10-22(21)36-25)17-5-4-6-19(12-17)27(34)35/h4-13,29,32H,1-3H3,(H,34,35)/b28-23-. The van der Waals surface area contributed by atoms with Crippen molar-refractivity contribution in [3.8, 4) is 16.9 Å². The highest BCUT2D eigenvalue weighted by atomic mass is 32.1. The second kappa shape index (κ2) is 8.94. The number of amides is 1. The van der Waals surface area contributed by atoms with Crippen molar-refractivity contribution in [2.75, 3.05) is 10.4 Å². The zero-order valence-corrected chi connectivity index (χ0v) is 20.6. The van der Waals surface area contributed by atoms with Crippen molar-refractivity contribution in [1.82, 2.24) is 0 Å². The Morgan fingerprint density at radius 2 is 1.78 bits per heavy atom. The Morgan fingerprint density at radius 1 is 1.00 bits per heavy atom. The molecule has 0 radical (unpaired) electrons. The van der Waals surface area contributed by atoms with Crippen LogP contribution in [0.25, 0.3) is 21.2 Å². The van der Waals surface area contributed by atoms with Crippen LogP contribution in [0.1, 0.15) is 28.4 Å². The van der Waals surface area contributed by atoms with E-state index in [1.807, 2.05) is 50.2 Å². The van der Waals surface area contributed by atoms with Gasteiger partial charge in [0.2, 0.25) is 0 Å². The van der Waals surface area contributed by atoms with Gasteiger partial charge in [-0.15, -0.1) is 11.3 Å². The molecule has 1 aliphatic heterocycles. The van der Waals surface area contributed by atoms with Gasteiger partial charge >= 0.3 is 11.9 Å². The number of rotatable bonds is 5. The average Bonchev–Trinajstić information content (AvgIpc) is 3.34. The molecular formula is C27H22N4O4S. The van der Waals surface area contributed by atoms with Crippen molar-refractivity contribution in [1.29, 1.82) is 0 Å². The first-order valence-electron chi connectivity index (χ1n) is 11.1. The van der Waals surface area contributed by atoms with Gasteiger partial charge in [-0.1, -0.05) is 24.3 Å². The molecule has 0 atom stereocenters. The minimum atomic E-state index is -1.00. The SMILES string of the molecule is CC1=NN(c2ccc(C)c(C)c2)C(=O)/C1=N\Nc1sc2ccc(-c3cccc(C(=O)O)c3)cc2c1O. The van der Waals surface area contributed by atoms with Gasteiger partial charge in [0, 0.05) is 10.1 Å². The highest BCUT2D eigenvalue weighted by Gasteiger charge is 2.31. The van der Waals surface area contributed by atoms with Crippen LogP contribution >= 0.6 is 11.3 Å². The van der Waals surface area contributed by atoms with E-state index < -0.39 is 5.97 Å². The number of aromatic hydroxyl groups is 1. The Morgan fingerprint density at radius 3 is 2.53 bits per heavy atom. The van der Waals surface area contributed by atoms with Gasteiger partial charge in [0.15, 0.2) is 16.5 Å². The van der Waals surface area contributed by atoms with Crippen LogP contribution in [0.5, 0.6) is 5.75 Å². The number of nitrogens with one attached hydrogen (secondary N) is 1. The van der Waals surface area contributed by atoms with Gasteiger partial charge in [-0.05, 0) is 79.4 Å². The molecule has 5 rings (SSSR count). The van der Waals surface area contributed by atoms with E-state index in [1.54, 1.807) is 25.1 Å². The Hall–Kier alpha value is -4.50. The van der Waals surface area contributed by atoms with E-state index in [0.29, 0.717) is 21.8 Å². The van der Waals surface area contributed by atoms with Gasteiger partial charge in [0.1, 0.15) is 0 Å². The number of hydrogen-bond acceptors (Lipinski definition) is 7. The third-order valence-corrected chi connectivity index (χ3v) is 7.16. The molecule has 1 amide bonds. The Bertz CT molecular complexity index is 1620. The molecule has 0 fully saturated rings. The number of carboxylic acids is 1. The molecule has 8 nitrogen and oxygen atoms in total. The lowest BCUT2D eigenvalue weighted by atomic mass is 10.0. The van der Waals surface area contributed by atoms with Crippen LogP contribution in [0.4, 0.5) is 10.7 Å². The van der Waals surface area contributed by atoms with Crippen LogP contribution in [-0.2, 0) is 4.79 Å². The summed E-state index contributed by atoms with van der Waals surface area (Å²) in [5, 5.41) is 31.1. The molecule has 1 aromatic heterocycles. The van der Waals surface area contributed by atoms with Crippen LogP contribution < -0.4 is 10.4 Å². The zero-order chi connectivity index (χ0) is 25.6. The second-order valence-corrected chi connectivity index (χ2v) is 9.57. The van der Waals surface area contributed by atoms with Crippen LogP contribution in [0.15, 0.2) is 70.9 Å². The summed E-state index contributed by atoms with van der Waals surface area (Å²) in [4.78, 5) is 24.3. The first-order chi connectivity index (χ1) is 17.2. The number of aryl methyl sites for hydroxylation is 2. The fraction of sp³-hybridized carbons (Fsp3) is 0.111. The molecule has 4 aromatic rings. The minimum absolute atomic E-state index is 0.00152. The number of fused-ring (bicyclic) bond motifs is 1. The monoisotopic (exact) mass is 498 g/mol. The summed E-state index contributed by atoms with van der Waals surface area (Å²) in [6, 6.07) is 17.8. The number of anilines is 2. The van der Waals surface area contributed by atoms with Gasteiger partial charge in [0.05, 0.1) is 17.0 Å². The third-order valence-electron chi connectivity index (χ3n) is 6.10. The number of nitrogens with zero attached hydrogens (tertiary/aromatic N) is 3. The van der Waals surface area contributed by atoms with Crippen molar-refractivity contribution < 1.29 is 19.8 Å². The summed E-state index contributed by atoms with van der Waals surface area (Å²) in [5.41, 5.74) is 7.99. The largest absolute Gasteiger partial charge is 0.504 e. The van der Waals surface area contributed by atoms with Crippen LogP contribution in [0.2, 0.25) is 0 Å². The number of aromatic carboxylic acids is 1. The van der Waals surface area contributed by atoms with Crippen molar-refractivity contribution in [2.45, 2.75) is 20.8 Å². The second-order valence-electron chi connectivity index (χ2n) is 8.52. The van der Waals surface area contributed by atoms with E-state index in [9.17, 15) is 19.8 Å². The number of benzene rings is 3. The zero-order valence-electron chi connectivity index (χ0n) is 19.7. The summed E-state index contributed by atoms with van der Waals surface area (Å²) < 4.78 is 0.813. The molecule has 3 aromatic carbocycles. The number of hydrazone groups is 2. The smallest absolute Gasteiger partial charge is 0.335 e. The number of carbonyl (C=O) groups is 2. The molecule has 0 bridgehead atoms. The summed E-state index contributed by atoms with van der Waals surface area (Å²) in [7, 11) is 0. The molecular weight excluding hydrogens is 476 g/mol. The molecule has 0 saturated heterocycles. The number of carboxylic acid groups (broad SMARTS) is 1. The predicted octanol–water partition coefficient (Wildman–Crippen LogP) is 5.78. The van der Waals surface area contributed by atoms with E-state index in [1.165, 1.54) is 22.4 Å². The van der Waals surface area contributed by atoms with Gasteiger partial charge in [-0.3, -0.25) is 10.2 Å². The summed E-state index contributed by atoms with van der Waals surface area (Å²) >= 11 is 1.30. The Balaban J connectivity index is 1.42. The van der Waals surface area contributed by atoms with Crippen LogP contribution in [0.3, 0.4) is 0 Å². The third kappa shape index (κ3) is 4.09. The van der Waals surface area contributed by atoms with E-state index in [4.69, 9.17) is 0 Å². The maximum absolute atomic E-state index is 13.0. The average molecular weight is 499 g/mol. The van der Waals surface area contributed by atoms with E-state index in [-0.39, 0.29) is 22.9 Å². The summed E-state index contributed by atoms with van der Waals surface area (Å²) in [6.45, 7) is 5.69. The maximum Gasteiger partial charge on any atom is 0.335 e. The lowest BCUT2D eigenvalue weighted by Gasteiger charge is -2.13. The fourth-order valence-electron chi connectivity index (χ4n) is 3.94. The molecule has 0 aliphatic carbocycles. The lowest BCUT2D eigenvalue weighted by Crippen LogP contribution is -2.28. The lowest BCUT2D eigenvalue weighted by molar-refractivity contribution is -0.112. The Labute approximate surface area is 210 Å². The fourth-order valence-corrected chi connectivity index (χ4v) is 4.86. The van der Waals surface area contributed by atoms with Crippen molar-refractivity contribution in [3.05, 3.63) is 77.4 Å². The highest BCUT2D eigenvalue weighted by molar-refractivity contribution is 7.23. The van der Waals surface area contributed by atoms with Gasteiger partial charge in [-0.2, -0.15) is 15.2 Å². The molecule has 36 heavy (non-hydrogen) atoms. The predicted molar refractivity (Wildman–Crippen MR) is 143 cm³/mol. The molecule has 0 saturated carbocycles. The molecule has 0 unspecified atom stereocenters. The summed E-state index contributed by atoms with van der Waals surface area (Å²) in [5.74, 6) is -1.36. The molecule has 180 valence electrons. The molecule has 9 heteroatoms. The summed E-state index contributed by atoms with van der Waals surface area (Å²) in [6.07, 6.45) is 0. The van der Waals surface area contributed by atoms with Crippen molar-refractivity contribution in [3.63, 3.8) is 0 Å². The van der Waals surface area contributed by atoms with Gasteiger partial charge < -0.3 is 10.2 Å². The maximum atomic E-state index is 13.0. The Kier molecular flexibility index (Phi) is 5.77. The van der Waals surface area contributed by atoms with Gasteiger partial charge in [-0.25, -0.2) is 4.79 Å². The highest BCUT2D eigenvalue weighted by Crippen LogP contribution is 2.43. The number of carbonyl (C=O) groups excluding carboxylic acids is 1. The molecule has 3 N–H and O–H groups in total. The normalized spacial score (nSPS) is 14.5.